The van der Waals surface area contributed by atoms with Gasteiger partial charge in [0.05, 0.1) is 13.2 Å². The van der Waals surface area contributed by atoms with E-state index in [1.807, 2.05) is 13.8 Å². The Morgan fingerprint density at radius 3 is 2.55 bits per heavy atom. The number of nitrogen functional groups attached to an aromatic ring is 1. The molecule has 1 aromatic carbocycles. The van der Waals surface area contributed by atoms with E-state index in [-0.39, 0.29) is 24.3 Å². The third-order valence-electron chi connectivity index (χ3n) is 3.36. The van der Waals surface area contributed by atoms with Gasteiger partial charge >= 0.3 is 0 Å². The summed E-state index contributed by atoms with van der Waals surface area (Å²) in [4.78, 5) is 25.3. The van der Waals surface area contributed by atoms with Crippen LogP contribution in [0.15, 0.2) is 18.2 Å². The molecule has 20 heavy (non-hydrogen) atoms. The molecular weight excluding hydrogens is 256 g/mol. The summed E-state index contributed by atoms with van der Waals surface area (Å²) >= 11 is 0. The minimum atomic E-state index is -0.126. The first-order valence-corrected chi connectivity index (χ1v) is 6.85. The minimum absolute atomic E-state index is 0.124. The Labute approximate surface area is 118 Å². The lowest BCUT2D eigenvalue weighted by Gasteiger charge is -2.28. The highest BCUT2D eigenvalue weighted by molar-refractivity contribution is 5.97. The fourth-order valence-electron chi connectivity index (χ4n) is 2.39. The number of carbonyl (C=O) groups excluding carboxylic acids is 2. The Hall–Kier alpha value is -2.04. The van der Waals surface area contributed by atoms with Crippen LogP contribution in [-0.2, 0) is 16.1 Å². The Morgan fingerprint density at radius 1 is 1.30 bits per heavy atom. The molecule has 2 N–H and O–H groups in total. The summed E-state index contributed by atoms with van der Waals surface area (Å²) in [6, 6.07) is 5.27. The van der Waals surface area contributed by atoms with Crippen molar-refractivity contribution >= 4 is 17.5 Å². The zero-order valence-corrected chi connectivity index (χ0v) is 11.9. The van der Waals surface area contributed by atoms with Crippen molar-refractivity contribution in [3.63, 3.8) is 0 Å². The van der Waals surface area contributed by atoms with Crippen molar-refractivity contribution in [2.75, 3.05) is 12.3 Å². The average Bonchev–Trinajstić information content (AvgIpc) is 2.37. The maximum absolute atomic E-state index is 12.0. The van der Waals surface area contributed by atoms with Crippen LogP contribution >= 0.6 is 0 Å². The molecule has 0 saturated carbocycles. The molecule has 1 aliphatic heterocycles. The Balaban J connectivity index is 2.22. The van der Waals surface area contributed by atoms with E-state index < -0.39 is 0 Å². The zero-order chi connectivity index (χ0) is 14.7. The van der Waals surface area contributed by atoms with Crippen molar-refractivity contribution in [1.29, 1.82) is 0 Å². The molecule has 1 aliphatic rings. The van der Waals surface area contributed by atoms with Crippen LogP contribution < -0.4 is 10.5 Å². The Morgan fingerprint density at radius 2 is 1.95 bits per heavy atom. The normalized spacial score (nSPS) is 16.6. The predicted molar refractivity (Wildman–Crippen MR) is 76.0 cm³/mol. The largest absolute Gasteiger partial charge is 0.494 e. The van der Waals surface area contributed by atoms with Crippen LogP contribution in [0.2, 0.25) is 0 Å². The quantitative estimate of drug-likeness (QED) is 0.674. The van der Waals surface area contributed by atoms with Gasteiger partial charge in [0.25, 0.3) is 0 Å². The molecule has 2 amide bonds. The Kier molecular flexibility index (Phi) is 4.27. The molecule has 0 aromatic heterocycles. The molecule has 0 spiro atoms. The second-order valence-corrected chi connectivity index (χ2v) is 5.19. The number of imide groups is 1. The van der Waals surface area contributed by atoms with Gasteiger partial charge < -0.3 is 10.5 Å². The highest BCUT2D eigenvalue weighted by atomic mass is 16.5. The van der Waals surface area contributed by atoms with Gasteiger partial charge in [0, 0.05) is 24.1 Å². The van der Waals surface area contributed by atoms with Crippen LogP contribution in [0, 0.1) is 5.92 Å². The summed E-state index contributed by atoms with van der Waals surface area (Å²) in [5.41, 5.74) is 7.13. The predicted octanol–water partition coefficient (Wildman–Crippen LogP) is 1.95. The van der Waals surface area contributed by atoms with E-state index in [4.69, 9.17) is 10.5 Å². The molecule has 0 atom stereocenters. The average molecular weight is 276 g/mol. The van der Waals surface area contributed by atoms with Gasteiger partial charge in [-0.25, -0.2) is 0 Å². The second-order valence-electron chi connectivity index (χ2n) is 5.19. The van der Waals surface area contributed by atoms with Gasteiger partial charge in [-0.1, -0.05) is 6.92 Å². The van der Waals surface area contributed by atoms with Gasteiger partial charge in [-0.05, 0) is 31.0 Å². The van der Waals surface area contributed by atoms with E-state index in [1.54, 1.807) is 18.2 Å². The molecule has 2 rings (SSSR count). The smallest absolute Gasteiger partial charge is 0.229 e. The summed E-state index contributed by atoms with van der Waals surface area (Å²) < 4.78 is 5.52. The number of nitrogens with two attached hydrogens (primary N) is 1. The van der Waals surface area contributed by atoms with E-state index in [2.05, 4.69) is 0 Å². The molecule has 0 radical (unpaired) electrons. The summed E-state index contributed by atoms with van der Waals surface area (Å²) in [7, 11) is 0. The Bertz CT molecular complexity index is 510. The van der Waals surface area contributed by atoms with Crippen molar-refractivity contribution < 1.29 is 14.3 Å². The standard InChI is InChI=1S/C15H20N2O3/c1-3-20-13-5-4-12(16)8-11(13)9-17-14(18)6-10(2)7-15(17)19/h4-5,8,10H,3,6-7,9,16H2,1-2H3. The third-order valence-corrected chi connectivity index (χ3v) is 3.36. The van der Waals surface area contributed by atoms with Crippen LogP contribution in [0.1, 0.15) is 32.3 Å². The topological polar surface area (TPSA) is 72.6 Å². The molecule has 1 aromatic rings. The van der Waals surface area contributed by atoms with Gasteiger partial charge in [0.1, 0.15) is 5.75 Å². The first-order valence-electron chi connectivity index (χ1n) is 6.85. The lowest BCUT2D eigenvalue weighted by molar-refractivity contribution is -0.150. The van der Waals surface area contributed by atoms with Crippen molar-refractivity contribution in [1.82, 2.24) is 4.90 Å². The number of amides is 2. The first-order chi connectivity index (χ1) is 9.51. The molecule has 1 fully saturated rings. The fraction of sp³-hybridized carbons (Fsp3) is 0.467. The molecule has 1 saturated heterocycles. The number of nitrogens with zero attached hydrogens (tertiary/aromatic N) is 1. The molecule has 108 valence electrons. The number of benzene rings is 1. The van der Waals surface area contributed by atoms with Gasteiger partial charge in [0.15, 0.2) is 0 Å². The van der Waals surface area contributed by atoms with Gasteiger partial charge in [-0.2, -0.15) is 0 Å². The number of ether oxygens (including phenoxy) is 1. The zero-order valence-electron chi connectivity index (χ0n) is 11.9. The van der Waals surface area contributed by atoms with E-state index in [0.717, 1.165) is 5.56 Å². The maximum Gasteiger partial charge on any atom is 0.229 e. The van der Waals surface area contributed by atoms with Crippen molar-refractivity contribution in [3.8, 4) is 5.75 Å². The number of carbonyl (C=O) groups is 2. The minimum Gasteiger partial charge on any atom is -0.494 e. The molecule has 1 heterocycles. The maximum atomic E-state index is 12.0. The number of hydrogen-bond acceptors (Lipinski definition) is 4. The third kappa shape index (κ3) is 3.10. The summed E-state index contributed by atoms with van der Waals surface area (Å²) in [6.45, 7) is 4.55. The van der Waals surface area contributed by atoms with E-state index in [0.29, 0.717) is 30.9 Å². The number of likely N-dealkylation sites (tertiary alicyclic amines) is 1. The summed E-state index contributed by atoms with van der Waals surface area (Å²) in [5, 5.41) is 0. The second kappa shape index (κ2) is 5.94. The first kappa shape index (κ1) is 14.4. The molecule has 0 aliphatic carbocycles. The van der Waals surface area contributed by atoms with Gasteiger partial charge in [0.2, 0.25) is 11.8 Å². The van der Waals surface area contributed by atoms with Gasteiger partial charge in [-0.3, -0.25) is 14.5 Å². The SMILES string of the molecule is CCOc1ccc(N)cc1CN1C(=O)CC(C)CC1=O. The summed E-state index contributed by atoms with van der Waals surface area (Å²) in [6.07, 6.45) is 0.829. The van der Waals surface area contributed by atoms with E-state index >= 15 is 0 Å². The number of rotatable bonds is 4. The number of hydrogen-bond donors (Lipinski definition) is 1. The highest BCUT2D eigenvalue weighted by Gasteiger charge is 2.30. The van der Waals surface area contributed by atoms with Crippen LogP contribution in [-0.4, -0.2) is 23.3 Å². The number of piperidine rings is 1. The van der Waals surface area contributed by atoms with Gasteiger partial charge in [-0.15, -0.1) is 0 Å². The monoisotopic (exact) mass is 276 g/mol. The molecular formula is C15H20N2O3. The van der Waals surface area contributed by atoms with Crippen molar-refractivity contribution in [2.24, 2.45) is 5.92 Å². The van der Waals surface area contributed by atoms with Crippen LogP contribution in [0.4, 0.5) is 5.69 Å². The molecule has 5 nitrogen and oxygen atoms in total. The van der Waals surface area contributed by atoms with E-state index in [1.165, 1.54) is 4.90 Å². The lowest BCUT2D eigenvalue weighted by Crippen LogP contribution is -2.42. The van der Waals surface area contributed by atoms with Crippen LogP contribution in [0.25, 0.3) is 0 Å². The summed E-state index contributed by atoms with van der Waals surface area (Å²) in [5.74, 6) is 0.539. The lowest BCUT2D eigenvalue weighted by atomic mass is 9.97. The van der Waals surface area contributed by atoms with Crippen molar-refractivity contribution in [2.45, 2.75) is 33.2 Å². The highest BCUT2D eigenvalue weighted by Crippen LogP contribution is 2.26. The fourth-order valence-corrected chi connectivity index (χ4v) is 2.39. The van der Waals surface area contributed by atoms with Crippen LogP contribution in [0.3, 0.4) is 0 Å². The molecule has 0 bridgehead atoms. The molecule has 5 heteroatoms. The van der Waals surface area contributed by atoms with Crippen molar-refractivity contribution in [3.05, 3.63) is 23.8 Å². The number of anilines is 1. The van der Waals surface area contributed by atoms with Crippen LogP contribution in [0.5, 0.6) is 5.75 Å². The van der Waals surface area contributed by atoms with E-state index in [9.17, 15) is 9.59 Å². The molecule has 0 unspecified atom stereocenters.